The van der Waals surface area contributed by atoms with E-state index in [2.05, 4.69) is 4.72 Å². The molecular formula is C15H17FN2O2S. The van der Waals surface area contributed by atoms with Gasteiger partial charge in [-0.15, -0.1) is 0 Å². The predicted octanol–water partition coefficient (Wildman–Crippen LogP) is 2.49. The van der Waals surface area contributed by atoms with Crippen molar-refractivity contribution in [1.29, 1.82) is 0 Å². The van der Waals surface area contributed by atoms with Crippen molar-refractivity contribution >= 4 is 15.7 Å². The highest BCUT2D eigenvalue weighted by Crippen LogP contribution is 2.19. The second-order valence-electron chi connectivity index (χ2n) is 4.85. The Balaban J connectivity index is 2.13. The Kier molecular flexibility index (Phi) is 4.59. The molecule has 0 aliphatic carbocycles. The van der Waals surface area contributed by atoms with Gasteiger partial charge in [0, 0.05) is 12.2 Å². The van der Waals surface area contributed by atoms with Gasteiger partial charge in [0.1, 0.15) is 10.7 Å². The lowest BCUT2D eigenvalue weighted by Gasteiger charge is -2.14. The molecule has 112 valence electrons. The molecule has 6 heteroatoms. The monoisotopic (exact) mass is 308 g/mol. The zero-order valence-corrected chi connectivity index (χ0v) is 12.4. The SMILES string of the molecule is CC(CNS(=O)(=O)c1cc(N)ccc1F)c1ccccc1. The second-order valence-corrected chi connectivity index (χ2v) is 6.59. The molecule has 0 aliphatic rings. The molecule has 2 aromatic carbocycles. The molecule has 0 aliphatic heterocycles. The van der Waals surface area contributed by atoms with E-state index in [1.54, 1.807) is 0 Å². The maximum absolute atomic E-state index is 13.6. The highest BCUT2D eigenvalue weighted by molar-refractivity contribution is 7.89. The van der Waals surface area contributed by atoms with Crippen LogP contribution >= 0.6 is 0 Å². The van der Waals surface area contributed by atoms with Crippen LogP contribution in [-0.4, -0.2) is 15.0 Å². The molecule has 0 heterocycles. The third-order valence-corrected chi connectivity index (χ3v) is 4.63. The first-order valence-electron chi connectivity index (χ1n) is 6.50. The zero-order valence-electron chi connectivity index (χ0n) is 11.6. The van der Waals surface area contributed by atoms with Crippen LogP contribution in [0.5, 0.6) is 0 Å². The summed E-state index contributed by atoms with van der Waals surface area (Å²) in [5.41, 5.74) is 6.72. The minimum atomic E-state index is -3.92. The Morgan fingerprint density at radius 3 is 2.52 bits per heavy atom. The van der Waals surface area contributed by atoms with Gasteiger partial charge >= 0.3 is 0 Å². The van der Waals surface area contributed by atoms with Crippen LogP contribution in [-0.2, 0) is 10.0 Å². The molecule has 1 atom stereocenters. The van der Waals surface area contributed by atoms with Crippen LogP contribution in [0.2, 0.25) is 0 Å². The van der Waals surface area contributed by atoms with Crippen molar-refractivity contribution in [1.82, 2.24) is 4.72 Å². The number of sulfonamides is 1. The number of hydrogen-bond donors (Lipinski definition) is 2. The van der Waals surface area contributed by atoms with Gasteiger partial charge in [0.05, 0.1) is 0 Å². The van der Waals surface area contributed by atoms with Crippen LogP contribution in [0.1, 0.15) is 18.4 Å². The highest BCUT2D eigenvalue weighted by atomic mass is 32.2. The number of rotatable bonds is 5. The van der Waals surface area contributed by atoms with E-state index in [1.807, 2.05) is 37.3 Å². The van der Waals surface area contributed by atoms with Crippen molar-refractivity contribution in [2.75, 3.05) is 12.3 Å². The Morgan fingerprint density at radius 2 is 1.86 bits per heavy atom. The van der Waals surface area contributed by atoms with E-state index in [9.17, 15) is 12.8 Å². The standard InChI is InChI=1S/C15H17FN2O2S/c1-11(12-5-3-2-4-6-12)10-18-21(19,20)15-9-13(17)7-8-14(15)16/h2-9,11,18H,10,17H2,1H3. The molecule has 2 rings (SSSR count). The molecule has 0 amide bonds. The number of anilines is 1. The zero-order chi connectivity index (χ0) is 15.5. The molecule has 0 aromatic heterocycles. The van der Waals surface area contributed by atoms with Gasteiger partial charge in [0.25, 0.3) is 0 Å². The molecule has 0 spiro atoms. The van der Waals surface area contributed by atoms with E-state index < -0.39 is 20.7 Å². The summed E-state index contributed by atoms with van der Waals surface area (Å²) in [6, 6.07) is 13.0. The maximum Gasteiger partial charge on any atom is 0.243 e. The molecule has 0 saturated heterocycles. The minimum Gasteiger partial charge on any atom is -0.399 e. The molecule has 0 radical (unpaired) electrons. The van der Waals surface area contributed by atoms with Gasteiger partial charge < -0.3 is 5.73 Å². The largest absolute Gasteiger partial charge is 0.399 e. The lowest BCUT2D eigenvalue weighted by Crippen LogP contribution is -2.28. The van der Waals surface area contributed by atoms with Crippen LogP contribution in [0.3, 0.4) is 0 Å². The molecule has 1 unspecified atom stereocenters. The summed E-state index contributed by atoms with van der Waals surface area (Å²) in [7, 11) is -3.92. The summed E-state index contributed by atoms with van der Waals surface area (Å²) < 4.78 is 40.3. The van der Waals surface area contributed by atoms with E-state index in [0.717, 1.165) is 17.7 Å². The Labute approximate surface area is 123 Å². The number of halogens is 1. The third-order valence-electron chi connectivity index (χ3n) is 3.19. The van der Waals surface area contributed by atoms with Crippen LogP contribution in [0.25, 0.3) is 0 Å². The Bertz CT molecular complexity index is 718. The van der Waals surface area contributed by atoms with E-state index >= 15 is 0 Å². The van der Waals surface area contributed by atoms with Crippen molar-refractivity contribution in [3.8, 4) is 0 Å². The van der Waals surface area contributed by atoms with Gasteiger partial charge in [-0.2, -0.15) is 0 Å². The highest BCUT2D eigenvalue weighted by Gasteiger charge is 2.20. The van der Waals surface area contributed by atoms with Gasteiger partial charge in [-0.3, -0.25) is 0 Å². The molecule has 4 nitrogen and oxygen atoms in total. The summed E-state index contributed by atoms with van der Waals surface area (Å²) >= 11 is 0. The molecule has 0 fully saturated rings. The first-order chi connectivity index (χ1) is 9.90. The van der Waals surface area contributed by atoms with Crippen molar-refractivity contribution in [2.45, 2.75) is 17.7 Å². The average Bonchev–Trinajstić information content (AvgIpc) is 2.48. The van der Waals surface area contributed by atoms with Crippen molar-refractivity contribution < 1.29 is 12.8 Å². The fraction of sp³-hybridized carbons (Fsp3) is 0.200. The summed E-state index contributed by atoms with van der Waals surface area (Å²) in [5, 5.41) is 0. The fourth-order valence-electron chi connectivity index (χ4n) is 1.94. The topological polar surface area (TPSA) is 72.2 Å². The van der Waals surface area contributed by atoms with E-state index in [0.29, 0.717) is 0 Å². The lowest BCUT2D eigenvalue weighted by molar-refractivity contribution is 0.553. The van der Waals surface area contributed by atoms with Crippen LogP contribution < -0.4 is 10.5 Å². The predicted molar refractivity (Wildman–Crippen MR) is 80.9 cm³/mol. The molecule has 2 aromatic rings. The van der Waals surface area contributed by atoms with Crippen LogP contribution in [0, 0.1) is 5.82 Å². The molecule has 0 bridgehead atoms. The summed E-state index contributed by atoms with van der Waals surface area (Å²) in [6.07, 6.45) is 0. The fourth-order valence-corrected chi connectivity index (χ4v) is 3.18. The summed E-state index contributed by atoms with van der Waals surface area (Å²) in [4.78, 5) is -0.428. The number of hydrogen-bond acceptors (Lipinski definition) is 3. The average molecular weight is 308 g/mol. The van der Waals surface area contributed by atoms with Crippen LogP contribution in [0.15, 0.2) is 53.4 Å². The number of nitrogen functional groups attached to an aromatic ring is 1. The Morgan fingerprint density at radius 1 is 1.19 bits per heavy atom. The third kappa shape index (κ3) is 3.80. The van der Waals surface area contributed by atoms with Crippen LogP contribution in [0.4, 0.5) is 10.1 Å². The van der Waals surface area contributed by atoms with E-state index in [1.165, 1.54) is 6.07 Å². The summed E-state index contributed by atoms with van der Waals surface area (Å²) in [6.45, 7) is 2.08. The summed E-state index contributed by atoms with van der Waals surface area (Å²) in [5.74, 6) is -0.839. The lowest BCUT2D eigenvalue weighted by atomic mass is 10.0. The number of nitrogens with two attached hydrogens (primary N) is 1. The molecule has 3 N–H and O–H groups in total. The van der Waals surface area contributed by atoms with E-state index in [4.69, 9.17) is 5.73 Å². The van der Waals surface area contributed by atoms with Crippen molar-refractivity contribution in [3.63, 3.8) is 0 Å². The van der Waals surface area contributed by atoms with Gasteiger partial charge in [0.2, 0.25) is 10.0 Å². The van der Waals surface area contributed by atoms with Crippen molar-refractivity contribution in [3.05, 3.63) is 59.9 Å². The quantitative estimate of drug-likeness (QED) is 0.834. The van der Waals surface area contributed by atoms with Gasteiger partial charge in [-0.05, 0) is 29.7 Å². The molecule has 21 heavy (non-hydrogen) atoms. The normalized spacial score (nSPS) is 13.0. The Hall–Kier alpha value is -1.92. The minimum absolute atomic E-state index is 0.0231. The van der Waals surface area contributed by atoms with Gasteiger partial charge in [-0.1, -0.05) is 37.3 Å². The molecule has 0 saturated carbocycles. The number of benzene rings is 2. The first-order valence-corrected chi connectivity index (χ1v) is 7.98. The first kappa shape index (κ1) is 15.5. The van der Waals surface area contributed by atoms with E-state index in [-0.39, 0.29) is 18.2 Å². The number of nitrogens with one attached hydrogen (secondary N) is 1. The molecular weight excluding hydrogens is 291 g/mol. The van der Waals surface area contributed by atoms with Gasteiger partial charge in [-0.25, -0.2) is 17.5 Å². The second kappa shape index (κ2) is 6.24. The van der Waals surface area contributed by atoms with Gasteiger partial charge in [0.15, 0.2) is 0 Å². The van der Waals surface area contributed by atoms with Crippen molar-refractivity contribution in [2.24, 2.45) is 0 Å². The maximum atomic E-state index is 13.6. The smallest absolute Gasteiger partial charge is 0.243 e.